The number of ketones is 1. The number of amides is 1. The first-order valence-corrected chi connectivity index (χ1v) is 10.5. The van der Waals surface area contributed by atoms with Crippen LogP contribution in [0.4, 0.5) is 0 Å². The van der Waals surface area contributed by atoms with E-state index in [1.165, 1.54) is 5.56 Å². The SMILES string of the molecule is CCCCCN1C(=O)C(=O)/C(=C(\O)c2ccc(Cl)cc2)C1c1ccc(CC)cc1. The van der Waals surface area contributed by atoms with Gasteiger partial charge in [-0.2, -0.15) is 0 Å². The van der Waals surface area contributed by atoms with E-state index in [9.17, 15) is 14.7 Å². The summed E-state index contributed by atoms with van der Waals surface area (Å²) >= 11 is 5.95. The van der Waals surface area contributed by atoms with Crippen molar-refractivity contribution in [3.05, 3.63) is 75.8 Å². The van der Waals surface area contributed by atoms with E-state index in [-0.39, 0.29) is 11.3 Å². The van der Waals surface area contributed by atoms with Gasteiger partial charge >= 0.3 is 0 Å². The number of hydrogen-bond acceptors (Lipinski definition) is 3. The number of benzene rings is 2. The number of Topliss-reactive ketones (excluding diaryl/α,β-unsaturated/α-hetero) is 1. The summed E-state index contributed by atoms with van der Waals surface area (Å²) in [6.45, 7) is 4.65. The van der Waals surface area contributed by atoms with E-state index in [1.807, 2.05) is 24.3 Å². The molecule has 1 aliphatic heterocycles. The van der Waals surface area contributed by atoms with Crippen LogP contribution in [0.2, 0.25) is 5.02 Å². The fourth-order valence-corrected chi connectivity index (χ4v) is 3.81. The van der Waals surface area contributed by atoms with Gasteiger partial charge in [-0.3, -0.25) is 9.59 Å². The predicted molar refractivity (Wildman–Crippen MR) is 116 cm³/mol. The first-order chi connectivity index (χ1) is 14.0. The molecule has 1 amide bonds. The summed E-state index contributed by atoms with van der Waals surface area (Å²) in [6, 6.07) is 13.9. The highest BCUT2D eigenvalue weighted by Crippen LogP contribution is 2.39. The van der Waals surface area contributed by atoms with Crippen molar-refractivity contribution in [2.75, 3.05) is 6.54 Å². The maximum absolute atomic E-state index is 12.9. The van der Waals surface area contributed by atoms with Crippen molar-refractivity contribution in [1.29, 1.82) is 0 Å². The number of aryl methyl sites for hydroxylation is 1. The quantitative estimate of drug-likeness (QED) is 0.282. The van der Waals surface area contributed by atoms with E-state index in [2.05, 4.69) is 13.8 Å². The van der Waals surface area contributed by atoms with Crippen LogP contribution in [0.25, 0.3) is 5.76 Å². The smallest absolute Gasteiger partial charge is 0.295 e. The molecule has 1 heterocycles. The normalized spacial score (nSPS) is 18.4. The number of likely N-dealkylation sites (tertiary alicyclic amines) is 1. The molecule has 0 bridgehead atoms. The van der Waals surface area contributed by atoms with Crippen LogP contribution >= 0.6 is 11.6 Å². The molecule has 2 aromatic carbocycles. The van der Waals surface area contributed by atoms with E-state index < -0.39 is 17.7 Å². The zero-order chi connectivity index (χ0) is 21.0. The highest BCUT2D eigenvalue weighted by Gasteiger charge is 2.45. The van der Waals surface area contributed by atoms with Crippen LogP contribution in [0.1, 0.15) is 55.8 Å². The largest absolute Gasteiger partial charge is 0.507 e. The lowest BCUT2D eigenvalue weighted by atomic mass is 9.94. The summed E-state index contributed by atoms with van der Waals surface area (Å²) in [7, 11) is 0. The fourth-order valence-electron chi connectivity index (χ4n) is 3.69. The van der Waals surface area contributed by atoms with Crippen molar-refractivity contribution in [2.45, 2.75) is 45.6 Å². The van der Waals surface area contributed by atoms with Crippen LogP contribution in [0.15, 0.2) is 54.1 Å². The van der Waals surface area contributed by atoms with Crippen molar-refractivity contribution in [3.8, 4) is 0 Å². The number of carbonyl (C=O) groups is 2. The summed E-state index contributed by atoms with van der Waals surface area (Å²) in [6.07, 6.45) is 3.71. The number of aliphatic hydroxyl groups excluding tert-OH is 1. The number of rotatable bonds is 7. The highest BCUT2D eigenvalue weighted by molar-refractivity contribution is 6.46. The van der Waals surface area contributed by atoms with Gasteiger partial charge in [0.1, 0.15) is 5.76 Å². The minimum absolute atomic E-state index is 0.137. The third-order valence-corrected chi connectivity index (χ3v) is 5.62. The Morgan fingerprint density at radius 2 is 1.66 bits per heavy atom. The zero-order valence-electron chi connectivity index (χ0n) is 16.8. The third kappa shape index (κ3) is 4.38. The standard InChI is InChI=1S/C24H26ClNO3/c1-3-5-6-15-26-21(17-9-7-16(4-2)8-10-17)20(23(28)24(26)29)22(27)18-11-13-19(25)14-12-18/h7-14,21,27H,3-6,15H2,1-2H3/b22-20-. The molecule has 1 saturated heterocycles. The Kier molecular flexibility index (Phi) is 6.75. The van der Waals surface area contributed by atoms with Crippen LogP contribution in [0.5, 0.6) is 0 Å². The maximum Gasteiger partial charge on any atom is 0.295 e. The molecule has 0 aromatic heterocycles. The van der Waals surface area contributed by atoms with Gasteiger partial charge in [0.05, 0.1) is 11.6 Å². The topological polar surface area (TPSA) is 57.6 Å². The average molecular weight is 412 g/mol. The van der Waals surface area contributed by atoms with Gasteiger partial charge in [-0.25, -0.2) is 0 Å². The molecule has 0 radical (unpaired) electrons. The Balaban J connectivity index is 2.09. The van der Waals surface area contributed by atoms with Gasteiger partial charge in [0.2, 0.25) is 0 Å². The molecule has 4 nitrogen and oxygen atoms in total. The van der Waals surface area contributed by atoms with Gasteiger partial charge in [0.25, 0.3) is 11.7 Å². The van der Waals surface area contributed by atoms with Crippen molar-refractivity contribution < 1.29 is 14.7 Å². The van der Waals surface area contributed by atoms with E-state index >= 15 is 0 Å². The zero-order valence-corrected chi connectivity index (χ0v) is 17.6. The average Bonchev–Trinajstić information content (AvgIpc) is 2.99. The van der Waals surface area contributed by atoms with Crippen molar-refractivity contribution in [3.63, 3.8) is 0 Å². The highest BCUT2D eigenvalue weighted by atomic mass is 35.5. The molecule has 1 N–H and O–H groups in total. The van der Waals surface area contributed by atoms with Crippen LogP contribution < -0.4 is 0 Å². The summed E-state index contributed by atoms with van der Waals surface area (Å²) < 4.78 is 0. The Hall–Kier alpha value is -2.59. The number of hydrogen-bond donors (Lipinski definition) is 1. The molecule has 1 aliphatic rings. The molecule has 0 spiro atoms. The van der Waals surface area contributed by atoms with E-state index in [0.29, 0.717) is 17.1 Å². The van der Waals surface area contributed by atoms with E-state index in [1.54, 1.807) is 29.2 Å². The number of unbranched alkanes of at least 4 members (excludes halogenated alkanes) is 2. The first kappa shape index (κ1) is 21.1. The van der Waals surface area contributed by atoms with Gasteiger partial charge in [0.15, 0.2) is 0 Å². The monoisotopic (exact) mass is 411 g/mol. The van der Waals surface area contributed by atoms with Gasteiger partial charge in [-0.1, -0.05) is 62.6 Å². The molecular weight excluding hydrogens is 386 g/mol. The summed E-state index contributed by atoms with van der Waals surface area (Å²) in [5.74, 6) is -1.36. The van der Waals surface area contributed by atoms with Crippen molar-refractivity contribution in [2.24, 2.45) is 0 Å². The van der Waals surface area contributed by atoms with Crippen LogP contribution in [0.3, 0.4) is 0 Å². The van der Waals surface area contributed by atoms with E-state index in [0.717, 1.165) is 31.2 Å². The second kappa shape index (κ2) is 9.27. The summed E-state index contributed by atoms with van der Waals surface area (Å²) in [4.78, 5) is 27.3. The molecule has 1 unspecified atom stereocenters. The Morgan fingerprint density at radius 3 is 2.24 bits per heavy atom. The van der Waals surface area contributed by atoms with Crippen LogP contribution in [-0.4, -0.2) is 28.2 Å². The minimum Gasteiger partial charge on any atom is -0.507 e. The molecular formula is C24H26ClNO3. The second-order valence-electron chi connectivity index (χ2n) is 7.30. The second-order valence-corrected chi connectivity index (χ2v) is 7.74. The Morgan fingerprint density at radius 1 is 1.00 bits per heavy atom. The third-order valence-electron chi connectivity index (χ3n) is 5.36. The fraction of sp³-hybridized carbons (Fsp3) is 0.333. The lowest BCUT2D eigenvalue weighted by molar-refractivity contribution is -0.139. The molecule has 5 heteroatoms. The summed E-state index contributed by atoms with van der Waals surface area (Å²) in [5.41, 5.74) is 2.61. The maximum atomic E-state index is 12.9. The van der Waals surface area contributed by atoms with Gasteiger partial charge in [-0.05, 0) is 48.2 Å². The summed E-state index contributed by atoms with van der Waals surface area (Å²) in [5, 5.41) is 11.5. The molecule has 0 aliphatic carbocycles. The molecule has 29 heavy (non-hydrogen) atoms. The first-order valence-electron chi connectivity index (χ1n) is 10.1. The Labute approximate surface area is 176 Å². The van der Waals surface area contributed by atoms with Crippen LogP contribution in [0, 0.1) is 0 Å². The molecule has 0 saturated carbocycles. The molecule has 3 rings (SSSR count). The van der Waals surface area contributed by atoms with Crippen molar-refractivity contribution in [1.82, 2.24) is 4.90 Å². The van der Waals surface area contributed by atoms with Crippen LogP contribution in [-0.2, 0) is 16.0 Å². The number of aliphatic hydroxyl groups is 1. The number of nitrogens with zero attached hydrogens (tertiary/aromatic N) is 1. The van der Waals surface area contributed by atoms with Gasteiger partial charge < -0.3 is 10.0 Å². The number of carbonyl (C=O) groups excluding carboxylic acids is 2. The van der Waals surface area contributed by atoms with Gasteiger partial charge in [-0.15, -0.1) is 0 Å². The molecule has 2 aromatic rings. The van der Waals surface area contributed by atoms with Gasteiger partial charge in [0, 0.05) is 17.1 Å². The predicted octanol–water partition coefficient (Wildman–Crippen LogP) is 5.51. The Bertz CT molecular complexity index is 916. The number of halogens is 1. The molecule has 152 valence electrons. The van der Waals surface area contributed by atoms with E-state index in [4.69, 9.17) is 11.6 Å². The van der Waals surface area contributed by atoms with Crippen molar-refractivity contribution >= 4 is 29.1 Å². The lowest BCUT2D eigenvalue weighted by Gasteiger charge is -2.25. The molecule has 1 atom stereocenters. The molecule has 1 fully saturated rings. The minimum atomic E-state index is -0.640. The lowest BCUT2D eigenvalue weighted by Crippen LogP contribution is -2.30.